The lowest BCUT2D eigenvalue weighted by Gasteiger charge is -2.11. The number of pyridine rings is 1. The fourth-order valence-corrected chi connectivity index (χ4v) is 2.78. The third kappa shape index (κ3) is 5.11. The quantitative estimate of drug-likeness (QED) is 0.568. The van der Waals surface area contributed by atoms with Gasteiger partial charge < -0.3 is 5.32 Å². The highest BCUT2D eigenvalue weighted by Gasteiger charge is 2.30. The lowest BCUT2D eigenvalue weighted by atomic mass is 10.1. The van der Waals surface area contributed by atoms with Crippen LogP contribution in [-0.2, 0) is 6.18 Å². The van der Waals surface area contributed by atoms with Gasteiger partial charge in [-0.25, -0.2) is 0 Å². The number of hydrogen-bond donors (Lipinski definition) is 1. The Morgan fingerprint density at radius 2 is 1.95 bits per heavy atom. The first-order valence-electron chi connectivity index (χ1n) is 6.36. The summed E-state index contributed by atoms with van der Waals surface area (Å²) in [7, 11) is 0. The number of aromatic nitrogens is 1. The second-order valence-electron chi connectivity index (χ2n) is 4.32. The van der Waals surface area contributed by atoms with Crippen LogP contribution in [0.3, 0.4) is 0 Å². The number of anilines is 1. The minimum atomic E-state index is -4.35. The van der Waals surface area contributed by atoms with Crippen molar-refractivity contribution in [1.82, 2.24) is 4.98 Å². The Balaban J connectivity index is 0.00000242. The number of halogens is 5. The Bertz CT molecular complexity index is 608. The molecule has 1 aromatic heterocycles. The number of thioether (sulfide) groups is 1. The summed E-state index contributed by atoms with van der Waals surface area (Å²) in [4.78, 5) is 4.01. The maximum Gasteiger partial charge on any atom is 0.416 e. The molecule has 2 rings (SSSR count). The van der Waals surface area contributed by atoms with E-state index >= 15 is 0 Å². The van der Waals surface area contributed by atoms with E-state index < -0.39 is 11.7 Å². The highest BCUT2D eigenvalue weighted by atomic mass is 35.5. The van der Waals surface area contributed by atoms with Crippen molar-refractivity contribution in [3.05, 3.63) is 36.0 Å². The summed E-state index contributed by atoms with van der Waals surface area (Å²) in [5, 5.41) is 3.91. The Morgan fingerprint density at radius 3 is 2.64 bits per heavy atom. The van der Waals surface area contributed by atoms with E-state index in [1.165, 1.54) is 12.3 Å². The molecule has 0 aliphatic rings. The summed E-state index contributed by atoms with van der Waals surface area (Å²) in [5.41, 5.74) is 0.445. The molecule has 122 valence electrons. The van der Waals surface area contributed by atoms with Gasteiger partial charge in [-0.1, -0.05) is 6.07 Å². The normalized spacial score (nSPS) is 11.3. The standard InChI is InChI=1S/C14H14ClF3N2S.ClH/c15-4-7-21-8-6-20-12-3-5-19-13-9-10(14(16,17)18)1-2-11(12)13;/h1-3,5,9H,4,6-8H2,(H,19,20);1H. The number of benzene rings is 1. The van der Waals surface area contributed by atoms with Gasteiger partial charge in [0, 0.05) is 41.2 Å². The van der Waals surface area contributed by atoms with Crippen LogP contribution in [0, 0.1) is 0 Å². The molecule has 0 spiro atoms. The molecule has 8 heteroatoms. The van der Waals surface area contributed by atoms with E-state index in [0.29, 0.717) is 16.8 Å². The van der Waals surface area contributed by atoms with Crippen molar-refractivity contribution in [2.45, 2.75) is 6.18 Å². The molecule has 1 aromatic carbocycles. The van der Waals surface area contributed by atoms with Crippen LogP contribution >= 0.6 is 35.8 Å². The summed E-state index contributed by atoms with van der Waals surface area (Å²) < 4.78 is 38.0. The van der Waals surface area contributed by atoms with Gasteiger partial charge >= 0.3 is 6.18 Å². The van der Waals surface area contributed by atoms with E-state index in [-0.39, 0.29) is 12.4 Å². The van der Waals surface area contributed by atoms with Crippen LogP contribution in [0.4, 0.5) is 18.9 Å². The van der Waals surface area contributed by atoms with Crippen molar-refractivity contribution >= 4 is 52.4 Å². The third-order valence-electron chi connectivity index (χ3n) is 2.85. The summed E-state index contributed by atoms with van der Waals surface area (Å²) in [6, 6.07) is 5.38. The van der Waals surface area contributed by atoms with Crippen LogP contribution in [0.1, 0.15) is 5.56 Å². The molecule has 0 amide bonds. The van der Waals surface area contributed by atoms with E-state index in [9.17, 15) is 13.2 Å². The van der Waals surface area contributed by atoms with Crippen molar-refractivity contribution < 1.29 is 13.2 Å². The minimum Gasteiger partial charge on any atom is -0.384 e. The van der Waals surface area contributed by atoms with Crippen LogP contribution < -0.4 is 5.32 Å². The van der Waals surface area contributed by atoms with Crippen molar-refractivity contribution in [2.75, 3.05) is 29.2 Å². The monoisotopic (exact) mass is 370 g/mol. The zero-order valence-electron chi connectivity index (χ0n) is 11.5. The van der Waals surface area contributed by atoms with E-state index in [1.807, 2.05) is 0 Å². The summed E-state index contributed by atoms with van der Waals surface area (Å²) >= 11 is 7.31. The van der Waals surface area contributed by atoms with Crippen LogP contribution in [0.25, 0.3) is 10.9 Å². The number of fused-ring (bicyclic) bond motifs is 1. The minimum absolute atomic E-state index is 0. The predicted octanol–water partition coefficient (Wildman–Crippen LogP) is 5.06. The van der Waals surface area contributed by atoms with Gasteiger partial charge in [0.15, 0.2) is 0 Å². The van der Waals surface area contributed by atoms with Gasteiger partial charge in [-0.3, -0.25) is 4.98 Å². The summed E-state index contributed by atoms with van der Waals surface area (Å²) in [6.45, 7) is 0.724. The Kier molecular flexibility index (Phi) is 7.59. The average Bonchev–Trinajstić information content (AvgIpc) is 2.45. The Labute approximate surface area is 142 Å². The molecular weight excluding hydrogens is 356 g/mol. The van der Waals surface area contributed by atoms with E-state index in [1.54, 1.807) is 17.8 Å². The molecule has 0 unspecified atom stereocenters. The van der Waals surface area contributed by atoms with E-state index in [4.69, 9.17) is 11.6 Å². The zero-order chi connectivity index (χ0) is 15.3. The second-order valence-corrected chi connectivity index (χ2v) is 5.92. The van der Waals surface area contributed by atoms with Gasteiger partial charge in [-0.05, 0) is 18.2 Å². The van der Waals surface area contributed by atoms with Crippen LogP contribution in [0.5, 0.6) is 0 Å². The van der Waals surface area contributed by atoms with Crippen molar-refractivity contribution in [1.29, 1.82) is 0 Å². The molecule has 0 atom stereocenters. The number of nitrogens with one attached hydrogen (secondary N) is 1. The molecule has 0 saturated heterocycles. The summed E-state index contributed by atoms with van der Waals surface area (Å²) in [5.74, 6) is 2.38. The van der Waals surface area contributed by atoms with Crippen LogP contribution in [0.15, 0.2) is 30.5 Å². The second kappa shape index (κ2) is 8.70. The first-order valence-corrected chi connectivity index (χ1v) is 8.05. The maximum absolute atomic E-state index is 12.7. The van der Waals surface area contributed by atoms with E-state index in [0.717, 1.165) is 35.9 Å². The molecule has 1 heterocycles. The van der Waals surface area contributed by atoms with Gasteiger partial charge in [0.25, 0.3) is 0 Å². The number of nitrogens with zero attached hydrogens (tertiary/aromatic N) is 1. The molecule has 0 saturated carbocycles. The van der Waals surface area contributed by atoms with E-state index in [2.05, 4.69) is 10.3 Å². The molecule has 2 aromatic rings. The molecule has 0 fully saturated rings. The Morgan fingerprint density at radius 1 is 1.18 bits per heavy atom. The first-order chi connectivity index (χ1) is 10.0. The molecule has 0 radical (unpaired) electrons. The first kappa shape index (κ1) is 19.2. The lowest BCUT2D eigenvalue weighted by molar-refractivity contribution is -0.137. The molecule has 0 aliphatic heterocycles. The fourth-order valence-electron chi connectivity index (χ4n) is 1.89. The van der Waals surface area contributed by atoms with Crippen LogP contribution in [-0.4, -0.2) is 28.9 Å². The van der Waals surface area contributed by atoms with Gasteiger partial charge in [0.05, 0.1) is 11.1 Å². The van der Waals surface area contributed by atoms with Gasteiger partial charge in [0.2, 0.25) is 0 Å². The highest BCUT2D eigenvalue weighted by molar-refractivity contribution is 7.99. The Hall–Kier alpha value is -0.850. The zero-order valence-corrected chi connectivity index (χ0v) is 13.9. The third-order valence-corrected chi connectivity index (χ3v) is 4.25. The molecule has 22 heavy (non-hydrogen) atoms. The largest absolute Gasteiger partial charge is 0.416 e. The highest BCUT2D eigenvalue weighted by Crippen LogP contribution is 2.32. The van der Waals surface area contributed by atoms with Crippen molar-refractivity contribution in [3.63, 3.8) is 0 Å². The van der Waals surface area contributed by atoms with Crippen molar-refractivity contribution in [2.24, 2.45) is 0 Å². The average molecular weight is 371 g/mol. The molecular formula is C14H15Cl2F3N2S. The molecule has 2 nitrogen and oxygen atoms in total. The number of hydrogen-bond acceptors (Lipinski definition) is 3. The maximum atomic E-state index is 12.7. The number of alkyl halides is 4. The molecule has 1 N–H and O–H groups in total. The van der Waals surface area contributed by atoms with Crippen LogP contribution in [0.2, 0.25) is 0 Å². The summed E-state index contributed by atoms with van der Waals surface area (Å²) in [6.07, 6.45) is -2.84. The number of rotatable bonds is 6. The van der Waals surface area contributed by atoms with Crippen molar-refractivity contribution in [3.8, 4) is 0 Å². The topological polar surface area (TPSA) is 24.9 Å². The predicted molar refractivity (Wildman–Crippen MR) is 90.5 cm³/mol. The fraction of sp³-hybridized carbons (Fsp3) is 0.357. The molecule has 0 aliphatic carbocycles. The SMILES string of the molecule is Cl.FC(F)(F)c1ccc2c(NCCSCCCl)ccnc2c1. The molecule has 0 bridgehead atoms. The smallest absolute Gasteiger partial charge is 0.384 e. The van der Waals surface area contributed by atoms with Gasteiger partial charge in [-0.15, -0.1) is 24.0 Å². The lowest BCUT2D eigenvalue weighted by Crippen LogP contribution is -2.07. The van der Waals surface area contributed by atoms with Gasteiger partial charge in [-0.2, -0.15) is 24.9 Å². The van der Waals surface area contributed by atoms with Gasteiger partial charge in [0.1, 0.15) is 0 Å².